The molecule has 0 fully saturated rings. The van der Waals surface area contributed by atoms with Crippen LogP contribution in [0.5, 0.6) is 0 Å². The highest BCUT2D eigenvalue weighted by molar-refractivity contribution is 5.80. The summed E-state index contributed by atoms with van der Waals surface area (Å²) in [6, 6.07) is 20.8. The SMILES string of the molecule is Cc1ccc(-c2nc3ccccc3c(=O)n2-c2cccc([N+](=O)[O-])c2)cc1. The van der Waals surface area contributed by atoms with Crippen molar-refractivity contribution < 1.29 is 4.92 Å². The summed E-state index contributed by atoms with van der Waals surface area (Å²) >= 11 is 0. The summed E-state index contributed by atoms with van der Waals surface area (Å²) in [4.78, 5) is 28.6. The molecule has 0 atom stereocenters. The smallest absolute Gasteiger partial charge is 0.268 e. The highest BCUT2D eigenvalue weighted by Crippen LogP contribution is 2.24. The Bertz CT molecular complexity index is 1230. The third-order valence-electron chi connectivity index (χ3n) is 4.38. The van der Waals surface area contributed by atoms with Gasteiger partial charge in [-0.2, -0.15) is 0 Å². The van der Waals surface area contributed by atoms with Crippen molar-refractivity contribution in [2.24, 2.45) is 0 Å². The van der Waals surface area contributed by atoms with Gasteiger partial charge in [-0.3, -0.25) is 19.5 Å². The van der Waals surface area contributed by atoms with E-state index in [1.807, 2.05) is 37.3 Å². The summed E-state index contributed by atoms with van der Waals surface area (Å²) in [6.45, 7) is 1.98. The van der Waals surface area contributed by atoms with E-state index >= 15 is 0 Å². The summed E-state index contributed by atoms with van der Waals surface area (Å²) in [5, 5.41) is 11.6. The minimum absolute atomic E-state index is 0.0811. The predicted molar refractivity (Wildman–Crippen MR) is 104 cm³/mol. The first-order valence-electron chi connectivity index (χ1n) is 8.38. The lowest BCUT2D eigenvalue weighted by Gasteiger charge is -2.14. The number of aromatic nitrogens is 2. The van der Waals surface area contributed by atoms with E-state index in [0.29, 0.717) is 22.4 Å². The zero-order valence-corrected chi connectivity index (χ0v) is 14.5. The third-order valence-corrected chi connectivity index (χ3v) is 4.38. The van der Waals surface area contributed by atoms with Gasteiger partial charge in [0.1, 0.15) is 5.82 Å². The number of benzene rings is 3. The molecular formula is C21H15N3O3. The first-order chi connectivity index (χ1) is 13.0. The molecular weight excluding hydrogens is 342 g/mol. The van der Waals surface area contributed by atoms with Crippen LogP contribution in [0.2, 0.25) is 0 Å². The molecule has 0 aliphatic rings. The molecule has 6 heteroatoms. The Hall–Kier alpha value is -3.80. The molecule has 0 saturated carbocycles. The predicted octanol–water partition coefficient (Wildman–Crippen LogP) is 4.27. The number of rotatable bonds is 3. The zero-order chi connectivity index (χ0) is 19.0. The number of nitro groups is 1. The standard InChI is InChI=1S/C21H15N3O3/c1-14-9-11-15(12-10-14)20-22-19-8-3-2-7-18(19)21(25)23(20)16-5-4-6-17(13-16)24(26)27/h2-13H,1H3. The van der Waals surface area contributed by atoms with Gasteiger partial charge in [0.15, 0.2) is 0 Å². The average molecular weight is 357 g/mol. The van der Waals surface area contributed by atoms with Crippen LogP contribution in [-0.2, 0) is 0 Å². The number of aryl methyl sites for hydroxylation is 1. The normalized spacial score (nSPS) is 10.9. The van der Waals surface area contributed by atoms with E-state index in [-0.39, 0.29) is 11.2 Å². The van der Waals surface area contributed by atoms with Crippen LogP contribution >= 0.6 is 0 Å². The van der Waals surface area contributed by atoms with Gasteiger partial charge in [0, 0.05) is 17.7 Å². The van der Waals surface area contributed by atoms with Crippen molar-refractivity contribution in [2.45, 2.75) is 6.92 Å². The van der Waals surface area contributed by atoms with Crippen molar-refractivity contribution in [2.75, 3.05) is 0 Å². The second kappa shape index (κ2) is 6.49. The third kappa shape index (κ3) is 2.97. The van der Waals surface area contributed by atoms with Crippen LogP contribution < -0.4 is 5.56 Å². The molecule has 4 aromatic rings. The lowest BCUT2D eigenvalue weighted by Crippen LogP contribution is -2.22. The Kier molecular flexibility index (Phi) is 4.01. The van der Waals surface area contributed by atoms with Crippen molar-refractivity contribution in [3.63, 3.8) is 0 Å². The molecule has 0 radical (unpaired) electrons. The topological polar surface area (TPSA) is 78.0 Å². The van der Waals surface area contributed by atoms with Gasteiger partial charge in [0.05, 0.1) is 21.5 Å². The van der Waals surface area contributed by atoms with Crippen molar-refractivity contribution in [3.8, 4) is 17.1 Å². The second-order valence-electron chi connectivity index (χ2n) is 6.24. The van der Waals surface area contributed by atoms with E-state index in [2.05, 4.69) is 4.98 Å². The Morgan fingerprint density at radius 2 is 1.70 bits per heavy atom. The van der Waals surface area contributed by atoms with Gasteiger partial charge in [-0.25, -0.2) is 4.98 Å². The lowest BCUT2D eigenvalue weighted by molar-refractivity contribution is -0.384. The lowest BCUT2D eigenvalue weighted by atomic mass is 10.1. The highest BCUT2D eigenvalue weighted by atomic mass is 16.6. The molecule has 0 aliphatic carbocycles. The Balaban J connectivity index is 2.08. The fraction of sp³-hybridized carbons (Fsp3) is 0.0476. The van der Waals surface area contributed by atoms with Gasteiger partial charge in [0.2, 0.25) is 0 Å². The molecule has 27 heavy (non-hydrogen) atoms. The van der Waals surface area contributed by atoms with Gasteiger partial charge in [-0.15, -0.1) is 0 Å². The summed E-state index contributed by atoms with van der Waals surface area (Å²) in [5.74, 6) is 0.444. The van der Waals surface area contributed by atoms with E-state index in [0.717, 1.165) is 11.1 Å². The average Bonchev–Trinajstić information content (AvgIpc) is 2.68. The molecule has 0 spiro atoms. The Morgan fingerprint density at radius 3 is 2.44 bits per heavy atom. The van der Waals surface area contributed by atoms with Crippen LogP contribution in [0, 0.1) is 17.0 Å². The number of non-ortho nitro benzene ring substituents is 1. The summed E-state index contributed by atoms with van der Waals surface area (Å²) in [6.07, 6.45) is 0. The van der Waals surface area contributed by atoms with Gasteiger partial charge in [0.25, 0.3) is 11.2 Å². The van der Waals surface area contributed by atoms with Crippen LogP contribution in [-0.4, -0.2) is 14.5 Å². The molecule has 132 valence electrons. The van der Waals surface area contributed by atoms with E-state index in [1.165, 1.54) is 16.7 Å². The number of hydrogen-bond donors (Lipinski definition) is 0. The van der Waals surface area contributed by atoms with Crippen molar-refractivity contribution in [1.29, 1.82) is 0 Å². The number of fused-ring (bicyclic) bond motifs is 1. The highest BCUT2D eigenvalue weighted by Gasteiger charge is 2.16. The van der Waals surface area contributed by atoms with E-state index < -0.39 is 4.92 Å². The zero-order valence-electron chi connectivity index (χ0n) is 14.5. The Morgan fingerprint density at radius 1 is 0.963 bits per heavy atom. The quantitative estimate of drug-likeness (QED) is 0.405. The van der Waals surface area contributed by atoms with Crippen molar-refractivity contribution >= 4 is 16.6 Å². The summed E-state index contributed by atoms with van der Waals surface area (Å²) in [5.41, 5.74) is 2.49. The van der Waals surface area contributed by atoms with E-state index in [1.54, 1.807) is 30.3 Å². The van der Waals surface area contributed by atoms with Gasteiger partial charge < -0.3 is 0 Å². The molecule has 0 N–H and O–H groups in total. The number of hydrogen-bond acceptors (Lipinski definition) is 4. The molecule has 1 aromatic heterocycles. The number of nitrogens with zero attached hydrogens (tertiary/aromatic N) is 3. The van der Waals surface area contributed by atoms with Gasteiger partial charge in [-0.05, 0) is 25.1 Å². The maximum Gasteiger partial charge on any atom is 0.271 e. The minimum atomic E-state index is -0.478. The van der Waals surface area contributed by atoms with Crippen LogP contribution in [0.3, 0.4) is 0 Å². The van der Waals surface area contributed by atoms with Crippen LogP contribution in [0.15, 0.2) is 77.6 Å². The van der Waals surface area contributed by atoms with Crippen LogP contribution in [0.25, 0.3) is 28.0 Å². The van der Waals surface area contributed by atoms with Crippen LogP contribution in [0.4, 0.5) is 5.69 Å². The minimum Gasteiger partial charge on any atom is -0.268 e. The largest absolute Gasteiger partial charge is 0.271 e. The fourth-order valence-electron chi connectivity index (χ4n) is 3.01. The first kappa shape index (κ1) is 16.7. The maximum atomic E-state index is 13.2. The molecule has 0 aliphatic heterocycles. The molecule has 3 aromatic carbocycles. The number of para-hydroxylation sites is 1. The van der Waals surface area contributed by atoms with Crippen molar-refractivity contribution in [1.82, 2.24) is 9.55 Å². The molecule has 0 saturated heterocycles. The molecule has 0 bridgehead atoms. The van der Waals surface area contributed by atoms with E-state index in [9.17, 15) is 14.9 Å². The molecule has 0 amide bonds. The van der Waals surface area contributed by atoms with E-state index in [4.69, 9.17) is 0 Å². The fourth-order valence-corrected chi connectivity index (χ4v) is 3.01. The van der Waals surface area contributed by atoms with Crippen molar-refractivity contribution in [3.05, 3.63) is 98.8 Å². The summed E-state index contributed by atoms with van der Waals surface area (Å²) < 4.78 is 1.43. The monoisotopic (exact) mass is 357 g/mol. The second-order valence-corrected chi connectivity index (χ2v) is 6.24. The molecule has 1 heterocycles. The van der Waals surface area contributed by atoms with Gasteiger partial charge in [-0.1, -0.05) is 48.0 Å². The molecule has 0 unspecified atom stereocenters. The maximum absolute atomic E-state index is 13.2. The number of nitro benzene ring substituents is 1. The van der Waals surface area contributed by atoms with Gasteiger partial charge >= 0.3 is 0 Å². The van der Waals surface area contributed by atoms with Crippen LogP contribution in [0.1, 0.15) is 5.56 Å². The Labute approximate surface area is 154 Å². The molecule has 4 rings (SSSR count). The first-order valence-corrected chi connectivity index (χ1v) is 8.38. The molecule has 6 nitrogen and oxygen atoms in total. The summed E-state index contributed by atoms with van der Waals surface area (Å²) in [7, 11) is 0.